The molecule has 2 aromatic rings. The molecule has 0 spiro atoms. The number of pyridine rings is 1. The van der Waals surface area contributed by atoms with Gasteiger partial charge in [0.15, 0.2) is 0 Å². The zero-order valence-electron chi connectivity index (χ0n) is 12.0. The van der Waals surface area contributed by atoms with Crippen LogP contribution in [0.5, 0.6) is 0 Å². The van der Waals surface area contributed by atoms with Crippen LogP contribution in [0.15, 0.2) is 36.5 Å². The van der Waals surface area contributed by atoms with E-state index in [9.17, 15) is 0 Å². The maximum absolute atomic E-state index is 6.27. The summed E-state index contributed by atoms with van der Waals surface area (Å²) in [6, 6.07) is 10.6. The molecule has 2 nitrogen and oxygen atoms in total. The molecule has 100 valence electrons. The van der Waals surface area contributed by atoms with Crippen LogP contribution in [0.1, 0.15) is 27.9 Å². The first-order chi connectivity index (χ1) is 9.06. The third kappa shape index (κ3) is 3.65. The normalized spacial score (nSPS) is 12.4. The Labute approximate surface area is 115 Å². The molecule has 0 aliphatic heterocycles. The lowest BCUT2D eigenvalue weighted by molar-refractivity contribution is 0.650. The van der Waals surface area contributed by atoms with Crippen molar-refractivity contribution >= 4 is 0 Å². The van der Waals surface area contributed by atoms with Crippen molar-refractivity contribution in [2.45, 2.75) is 39.7 Å². The smallest absolute Gasteiger partial charge is 0.0419 e. The molecule has 2 N–H and O–H groups in total. The van der Waals surface area contributed by atoms with E-state index in [1.165, 1.54) is 22.3 Å². The van der Waals surface area contributed by atoms with Crippen molar-refractivity contribution in [1.29, 1.82) is 0 Å². The molecule has 1 aromatic carbocycles. The molecule has 1 atom stereocenters. The Bertz CT molecular complexity index is 523. The van der Waals surface area contributed by atoms with Crippen molar-refractivity contribution in [3.8, 4) is 0 Å². The van der Waals surface area contributed by atoms with Gasteiger partial charge in [0.05, 0.1) is 0 Å². The zero-order valence-corrected chi connectivity index (χ0v) is 12.0. The van der Waals surface area contributed by atoms with Crippen molar-refractivity contribution in [2.75, 3.05) is 0 Å². The molecule has 2 rings (SSSR count). The van der Waals surface area contributed by atoms with Gasteiger partial charge < -0.3 is 5.73 Å². The SMILES string of the molecule is Cc1cc(C)c(CC(N)Cc2ccccn2)c(C)c1. The second kappa shape index (κ2) is 5.98. The third-order valence-corrected chi connectivity index (χ3v) is 3.50. The van der Waals surface area contributed by atoms with Gasteiger partial charge in [0.1, 0.15) is 0 Å². The number of hydrogen-bond acceptors (Lipinski definition) is 2. The third-order valence-electron chi connectivity index (χ3n) is 3.50. The van der Waals surface area contributed by atoms with E-state index in [0.29, 0.717) is 0 Å². The van der Waals surface area contributed by atoms with Crippen molar-refractivity contribution in [3.63, 3.8) is 0 Å². The Balaban J connectivity index is 2.09. The van der Waals surface area contributed by atoms with Crippen LogP contribution in [0.25, 0.3) is 0 Å². The second-order valence-electron chi connectivity index (χ2n) is 5.37. The van der Waals surface area contributed by atoms with Gasteiger partial charge in [0.2, 0.25) is 0 Å². The Kier molecular flexibility index (Phi) is 4.33. The minimum absolute atomic E-state index is 0.120. The van der Waals surface area contributed by atoms with E-state index >= 15 is 0 Å². The van der Waals surface area contributed by atoms with E-state index in [4.69, 9.17) is 5.73 Å². The van der Waals surface area contributed by atoms with E-state index in [-0.39, 0.29) is 6.04 Å². The van der Waals surface area contributed by atoms with Crippen LogP contribution < -0.4 is 5.73 Å². The summed E-state index contributed by atoms with van der Waals surface area (Å²) in [6.45, 7) is 6.48. The highest BCUT2D eigenvalue weighted by atomic mass is 14.7. The summed E-state index contributed by atoms with van der Waals surface area (Å²) in [4.78, 5) is 4.34. The lowest BCUT2D eigenvalue weighted by Gasteiger charge is -2.16. The molecule has 1 heterocycles. The van der Waals surface area contributed by atoms with Gasteiger partial charge in [-0.1, -0.05) is 23.8 Å². The van der Waals surface area contributed by atoms with E-state index in [1.807, 2.05) is 24.4 Å². The van der Waals surface area contributed by atoms with Crippen LogP contribution in [-0.2, 0) is 12.8 Å². The summed E-state index contributed by atoms with van der Waals surface area (Å²) in [6.07, 6.45) is 3.56. The fourth-order valence-electron chi connectivity index (χ4n) is 2.65. The maximum atomic E-state index is 6.27. The highest BCUT2D eigenvalue weighted by Crippen LogP contribution is 2.18. The Morgan fingerprint density at radius 3 is 2.32 bits per heavy atom. The number of nitrogens with two attached hydrogens (primary N) is 1. The van der Waals surface area contributed by atoms with Gasteiger partial charge in [-0.2, -0.15) is 0 Å². The maximum Gasteiger partial charge on any atom is 0.0419 e. The van der Waals surface area contributed by atoms with Crippen molar-refractivity contribution in [2.24, 2.45) is 5.73 Å². The standard InChI is InChI=1S/C17H22N2/c1-12-8-13(2)17(14(3)9-12)11-15(18)10-16-6-4-5-7-19-16/h4-9,15H,10-11,18H2,1-3H3. The molecule has 19 heavy (non-hydrogen) atoms. The van der Waals surface area contributed by atoms with Crippen molar-refractivity contribution in [3.05, 3.63) is 64.5 Å². The number of benzene rings is 1. The van der Waals surface area contributed by atoms with Crippen LogP contribution in [0, 0.1) is 20.8 Å². The van der Waals surface area contributed by atoms with Crippen LogP contribution in [0.4, 0.5) is 0 Å². The molecule has 0 saturated carbocycles. The fraction of sp³-hybridized carbons (Fsp3) is 0.353. The van der Waals surface area contributed by atoms with Gasteiger partial charge >= 0.3 is 0 Å². The Morgan fingerprint density at radius 2 is 1.74 bits per heavy atom. The van der Waals surface area contributed by atoms with Gasteiger partial charge in [0.25, 0.3) is 0 Å². The molecule has 0 radical (unpaired) electrons. The number of nitrogens with zero attached hydrogens (tertiary/aromatic N) is 1. The molecule has 0 aliphatic carbocycles. The fourth-order valence-corrected chi connectivity index (χ4v) is 2.65. The number of aryl methyl sites for hydroxylation is 3. The molecule has 0 bridgehead atoms. The molecular weight excluding hydrogens is 232 g/mol. The molecule has 1 unspecified atom stereocenters. The van der Waals surface area contributed by atoms with Crippen LogP contribution in [0.2, 0.25) is 0 Å². The van der Waals surface area contributed by atoms with Crippen LogP contribution in [0.3, 0.4) is 0 Å². The van der Waals surface area contributed by atoms with Crippen molar-refractivity contribution in [1.82, 2.24) is 4.98 Å². The first-order valence-electron chi connectivity index (χ1n) is 6.78. The average Bonchev–Trinajstić information content (AvgIpc) is 2.35. The number of rotatable bonds is 4. The largest absolute Gasteiger partial charge is 0.327 e. The Hall–Kier alpha value is -1.67. The first kappa shape index (κ1) is 13.8. The molecule has 2 heteroatoms. The van der Waals surface area contributed by atoms with Gasteiger partial charge in [-0.05, 0) is 56.0 Å². The van der Waals surface area contributed by atoms with E-state index in [0.717, 1.165) is 18.5 Å². The topological polar surface area (TPSA) is 38.9 Å². The second-order valence-corrected chi connectivity index (χ2v) is 5.37. The van der Waals surface area contributed by atoms with E-state index in [2.05, 4.69) is 37.9 Å². The molecule has 0 amide bonds. The summed E-state index contributed by atoms with van der Waals surface area (Å²) in [5, 5.41) is 0. The summed E-state index contributed by atoms with van der Waals surface area (Å²) in [5.74, 6) is 0. The number of aromatic nitrogens is 1. The minimum atomic E-state index is 0.120. The predicted molar refractivity (Wildman–Crippen MR) is 80.3 cm³/mol. The van der Waals surface area contributed by atoms with Gasteiger partial charge in [0, 0.05) is 24.4 Å². The highest BCUT2D eigenvalue weighted by Gasteiger charge is 2.10. The average molecular weight is 254 g/mol. The highest BCUT2D eigenvalue weighted by molar-refractivity contribution is 5.38. The summed E-state index contributed by atoms with van der Waals surface area (Å²) >= 11 is 0. The van der Waals surface area contributed by atoms with Gasteiger partial charge in [-0.3, -0.25) is 4.98 Å². The summed E-state index contributed by atoms with van der Waals surface area (Å²) in [5.41, 5.74) is 12.7. The van der Waals surface area contributed by atoms with E-state index in [1.54, 1.807) is 0 Å². The number of hydrogen-bond donors (Lipinski definition) is 1. The molecule has 0 aliphatic rings. The van der Waals surface area contributed by atoms with Crippen molar-refractivity contribution < 1.29 is 0 Å². The zero-order chi connectivity index (χ0) is 13.8. The van der Waals surface area contributed by atoms with Gasteiger partial charge in [-0.15, -0.1) is 0 Å². The van der Waals surface area contributed by atoms with Crippen LogP contribution in [-0.4, -0.2) is 11.0 Å². The van der Waals surface area contributed by atoms with E-state index < -0.39 is 0 Å². The van der Waals surface area contributed by atoms with Crippen LogP contribution >= 0.6 is 0 Å². The molecular formula is C17H22N2. The first-order valence-corrected chi connectivity index (χ1v) is 6.78. The quantitative estimate of drug-likeness (QED) is 0.910. The summed E-state index contributed by atoms with van der Waals surface area (Å²) < 4.78 is 0. The molecule has 0 fully saturated rings. The van der Waals surface area contributed by atoms with Gasteiger partial charge in [-0.25, -0.2) is 0 Å². The lowest BCUT2D eigenvalue weighted by atomic mass is 9.93. The lowest BCUT2D eigenvalue weighted by Crippen LogP contribution is -2.26. The minimum Gasteiger partial charge on any atom is -0.327 e. The Morgan fingerprint density at radius 1 is 1.05 bits per heavy atom. The monoisotopic (exact) mass is 254 g/mol. The predicted octanol–water partition coefficient (Wildman–Crippen LogP) is 3.12. The summed E-state index contributed by atoms with van der Waals surface area (Å²) in [7, 11) is 0. The molecule has 1 aromatic heterocycles. The molecule has 0 saturated heterocycles.